The SMILES string of the molecule is CC(C)NC(=O)[C@@H]1CCC[C@@H](NC(=O)[C@@](C)(O)Cc2ccccc2)C1. The molecule has 3 atom stereocenters. The summed E-state index contributed by atoms with van der Waals surface area (Å²) in [6, 6.07) is 9.54. The zero-order valence-corrected chi connectivity index (χ0v) is 15.4. The molecule has 138 valence electrons. The van der Waals surface area contributed by atoms with Gasteiger partial charge in [-0.2, -0.15) is 0 Å². The minimum absolute atomic E-state index is 0.0602. The molecule has 3 N–H and O–H groups in total. The maximum absolute atomic E-state index is 12.5. The predicted molar refractivity (Wildman–Crippen MR) is 97.9 cm³/mol. The van der Waals surface area contributed by atoms with Crippen LogP contribution in [0.1, 0.15) is 52.0 Å². The lowest BCUT2D eigenvalue weighted by atomic mass is 9.84. The van der Waals surface area contributed by atoms with E-state index in [9.17, 15) is 14.7 Å². The van der Waals surface area contributed by atoms with E-state index in [0.29, 0.717) is 6.42 Å². The number of amides is 2. The largest absolute Gasteiger partial charge is 0.380 e. The number of carbonyl (C=O) groups excluding carboxylic acids is 2. The molecule has 0 spiro atoms. The molecular formula is C20H30N2O3. The molecule has 1 aromatic rings. The van der Waals surface area contributed by atoms with Crippen molar-refractivity contribution in [3.05, 3.63) is 35.9 Å². The van der Waals surface area contributed by atoms with Crippen molar-refractivity contribution in [3.8, 4) is 0 Å². The maximum atomic E-state index is 12.5. The van der Waals surface area contributed by atoms with Crippen molar-refractivity contribution in [2.45, 2.75) is 70.6 Å². The summed E-state index contributed by atoms with van der Waals surface area (Å²) in [5.74, 6) is -0.378. The Morgan fingerprint density at radius 3 is 2.56 bits per heavy atom. The Morgan fingerprint density at radius 1 is 1.24 bits per heavy atom. The smallest absolute Gasteiger partial charge is 0.252 e. The molecule has 0 bridgehead atoms. The normalized spacial score (nSPS) is 22.9. The quantitative estimate of drug-likeness (QED) is 0.739. The monoisotopic (exact) mass is 346 g/mol. The van der Waals surface area contributed by atoms with E-state index in [1.165, 1.54) is 0 Å². The highest BCUT2D eigenvalue weighted by Crippen LogP contribution is 2.25. The van der Waals surface area contributed by atoms with Crippen LogP contribution >= 0.6 is 0 Å². The van der Waals surface area contributed by atoms with Crippen LogP contribution in [0.5, 0.6) is 0 Å². The molecule has 0 saturated heterocycles. The number of aliphatic hydroxyl groups is 1. The van der Waals surface area contributed by atoms with E-state index in [-0.39, 0.29) is 36.2 Å². The van der Waals surface area contributed by atoms with Gasteiger partial charge in [-0.05, 0) is 45.6 Å². The molecule has 0 radical (unpaired) electrons. The average Bonchev–Trinajstić information content (AvgIpc) is 2.55. The molecular weight excluding hydrogens is 316 g/mol. The van der Waals surface area contributed by atoms with Crippen LogP contribution in [-0.2, 0) is 16.0 Å². The Morgan fingerprint density at radius 2 is 1.92 bits per heavy atom. The highest BCUT2D eigenvalue weighted by atomic mass is 16.3. The molecule has 1 aliphatic carbocycles. The predicted octanol–water partition coefficient (Wildman–Crippen LogP) is 2.18. The molecule has 1 aliphatic rings. The van der Waals surface area contributed by atoms with Gasteiger partial charge in [-0.15, -0.1) is 0 Å². The fourth-order valence-electron chi connectivity index (χ4n) is 3.38. The van der Waals surface area contributed by atoms with Crippen LogP contribution in [0.25, 0.3) is 0 Å². The van der Waals surface area contributed by atoms with Crippen molar-refractivity contribution < 1.29 is 14.7 Å². The van der Waals surface area contributed by atoms with Crippen molar-refractivity contribution in [1.82, 2.24) is 10.6 Å². The first-order valence-electron chi connectivity index (χ1n) is 9.15. The first-order chi connectivity index (χ1) is 11.8. The van der Waals surface area contributed by atoms with Gasteiger partial charge in [0.2, 0.25) is 5.91 Å². The number of carbonyl (C=O) groups is 2. The number of hydrogen-bond acceptors (Lipinski definition) is 3. The second-order valence-electron chi connectivity index (χ2n) is 7.63. The third-order valence-electron chi connectivity index (χ3n) is 4.69. The minimum Gasteiger partial charge on any atom is -0.380 e. The summed E-state index contributed by atoms with van der Waals surface area (Å²) in [5, 5.41) is 16.5. The second-order valence-corrected chi connectivity index (χ2v) is 7.63. The average molecular weight is 346 g/mol. The maximum Gasteiger partial charge on any atom is 0.252 e. The van der Waals surface area contributed by atoms with Gasteiger partial charge in [0.15, 0.2) is 0 Å². The highest BCUT2D eigenvalue weighted by Gasteiger charge is 2.34. The van der Waals surface area contributed by atoms with Crippen LogP contribution in [0, 0.1) is 5.92 Å². The van der Waals surface area contributed by atoms with Gasteiger partial charge in [-0.1, -0.05) is 36.8 Å². The Kier molecular flexibility index (Phi) is 6.59. The van der Waals surface area contributed by atoms with Gasteiger partial charge in [-0.3, -0.25) is 9.59 Å². The summed E-state index contributed by atoms with van der Waals surface area (Å²) in [6.07, 6.45) is 3.50. The van der Waals surface area contributed by atoms with Gasteiger partial charge in [0.25, 0.3) is 5.91 Å². The number of hydrogen-bond donors (Lipinski definition) is 3. The first-order valence-corrected chi connectivity index (χ1v) is 9.15. The third-order valence-corrected chi connectivity index (χ3v) is 4.69. The molecule has 1 aromatic carbocycles. The third kappa shape index (κ3) is 5.85. The van der Waals surface area contributed by atoms with Crippen molar-refractivity contribution in [3.63, 3.8) is 0 Å². The second kappa shape index (κ2) is 8.48. The Bertz CT molecular complexity index is 584. The van der Waals surface area contributed by atoms with E-state index in [4.69, 9.17) is 0 Å². The Labute approximate surface area is 150 Å². The summed E-state index contributed by atoms with van der Waals surface area (Å²) in [7, 11) is 0. The Balaban J connectivity index is 1.91. The molecule has 0 aromatic heterocycles. The number of nitrogens with one attached hydrogen (secondary N) is 2. The fraction of sp³-hybridized carbons (Fsp3) is 0.600. The van der Waals surface area contributed by atoms with Crippen molar-refractivity contribution in [2.24, 2.45) is 5.92 Å². The zero-order valence-electron chi connectivity index (χ0n) is 15.4. The van der Waals surface area contributed by atoms with Gasteiger partial charge >= 0.3 is 0 Å². The molecule has 0 heterocycles. The lowest BCUT2D eigenvalue weighted by Crippen LogP contribution is -2.51. The van der Waals surface area contributed by atoms with E-state index in [1.807, 2.05) is 44.2 Å². The van der Waals surface area contributed by atoms with Gasteiger partial charge in [0.05, 0.1) is 0 Å². The summed E-state index contributed by atoms with van der Waals surface area (Å²) in [6.45, 7) is 5.43. The summed E-state index contributed by atoms with van der Waals surface area (Å²) in [4.78, 5) is 24.7. The van der Waals surface area contributed by atoms with E-state index in [1.54, 1.807) is 6.92 Å². The fourth-order valence-corrected chi connectivity index (χ4v) is 3.38. The molecule has 25 heavy (non-hydrogen) atoms. The minimum atomic E-state index is -1.46. The van der Waals surface area contributed by atoms with E-state index < -0.39 is 5.60 Å². The lowest BCUT2D eigenvalue weighted by molar-refractivity contribution is -0.139. The zero-order chi connectivity index (χ0) is 18.4. The molecule has 5 heteroatoms. The molecule has 0 aliphatic heterocycles. The van der Waals surface area contributed by atoms with E-state index >= 15 is 0 Å². The van der Waals surface area contributed by atoms with Gasteiger partial charge in [-0.25, -0.2) is 0 Å². The first kappa shape index (κ1) is 19.4. The molecule has 1 fully saturated rings. The van der Waals surface area contributed by atoms with Crippen molar-refractivity contribution in [2.75, 3.05) is 0 Å². The summed E-state index contributed by atoms with van der Waals surface area (Å²) < 4.78 is 0. The van der Waals surface area contributed by atoms with Crippen LogP contribution in [0.15, 0.2) is 30.3 Å². The van der Waals surface area contributed by atoms with Gasteiger partial charge in [0, 0.05) is 24.4 Å². The summed E-state index contributed by atoms with van der Waals surface area (Å²) in [5.41, 5.74) is -0.547. The molecule has 1 saturated carbocycles. The van der Waals surface area contributed by atoms with Crippen LogP contribution < -0.4 is 10.6 Å². The van der Waals surface area contributed by atoms with Gasteiger partial charge in [0.1, 0.15) is 5.60 Å². The molecule has 2 rings (SSSR count). The van der Waals surface area contributed by atoms with Crippen LogP contribution in [0.4, 0.5) is 0 Å². The number of rotatable bonds is 6. The topological polar surface area (TPSA) is 78.4 Å². The van der Waals surface area contributed by atoms with E-state index in [2.05, 4.69) is 10.6 Å². The van der Waals surface area contributed by atoms with Crippen LogP contribution in [0.3, 0.4) is 0 Å². The van der Waals surface area contributed by atoms with Crippen molar-refractivity contribution >= 4 is 11.8 Å². The summed E-state index contributed by atoms with van der Waals surface area (Å²) >= 11 is 0. The highest BCUT2D eigenvalue weighted by molar-refractivity contribution is 5.85. The Hall–Kier alpha value is -1.88. The standard InChI is InChI=1S/C20H30N2O3/c1-14(2)21-18(23)16-10-7-11-17(12-16)22-19(24)20(3,25)13-15-8-5-4-6-9-15/h4-6,8-9,14,16-17,25H,7,10-13H2,1-3H3,(H,21,23)(H,22,24)/t16-,17-,20+/m1/s1. The van der Waals surface area contributed by atoms with Crippen LogP contribution in [-0.4, -0.2) is 34.6 Å². The molecule has 0 unspecified atom stereocenters. The molecule has 5 nitrogen and oxygen atoms in total. The number of benzene rings is 1. The molecule has 2 amide bonds. The van der Waals surface area contributed by atoms with Crippen molar-refractivity contribution in [1.29, 1.82) is 0 Å². The van der Waals surface area contributed by atoms with Crippen LogP contribution in [0.2, 0.25) is 0 Å². The lowest BCUT2D eigenvalue weighted by Gasteiger charge is -2.32. The van der Waals surface area contributed by atoms with E-state index in [0.717, 1.165) is 24.8 Å². The van der Waals surface area contributed by atoms with Gasteiger partial charge < -0.3 is 15.7 Å².